The number of nitrogens with zero attached hydrogens (tertiary/aromatic N) is 2. The summed E-state index contributed by atoms with van der Waals surface area (Å²) in [7, 11) is 0. The number of hydrogen-bond donors (Lipinski definition) is 1. The first-order valence-corrected chi connectivity index (χ1v) is 7.07. The highest BCUT2D eigenvalue weighted by molar-refractivity contribution is 7.99. The second kappa shape index (κ2) is 6.89. The monoisotopic (exact) mass is 273 g/mol. The van der Waals surface area contributed by atoms with Gasteiger partial charge in [-0.1, -0.05) is 42.1 Å². The van der Waals surface area contributed by atoms with E-state index < -0.39 is 0 Å². The van der Waals surface area contributed by atoms with Crippen LogP contribution >= 0.6 is 11.8 Å². The molecule has 1 N–H and O–H groups in total. The van der Waals surface area contributed by atoms with Crippen molar-refractivity contribution in [2.24, 2.45) is 0 Å². The van der Waals surface area contributed by atoms with Gasteiger partial charge in [0.2, 0.25) is 5.91 Å². The molecule has 2 rings (SSSR count). The fraction of sp³-hybridized carbons (Fsp3) is 0.214. The van der Waals surface area contributed by atoms with E-state index in [1.807, 2.05) is 49.4 Å². The van der Waals surface area contributed by atoms with Crippen molar-refractivity contribution in [1.29, 1.82) is 0 Å². The van der Waals surface area contributed by atoms with Gasteiger partial charge in [0.1, 0.15) is 5.03 Å². The fourth-order valence-electron chi connectivity index (χ4n) is 1.55. The Morgan fingerprint density at radius 3 is 2.58 bits per heavy atom. The van der Waals surface area contributed by atoms with E-state index in [9.17, 15) is 4.79 Å². The van der Waals surface area contributed by atoms with Crippen LogP contribution in [0.5, 0.6) is 0 Å². The summed E-state index contributed by atoms with van der Waals surface area (Å²) in [6.45, 7) is 2.55. The summed E-state index contributed by atoms with van der Waals surface area (Å²) in [4.78, 5) is 11.3. The lowest BCUT2D eigenvalue weighted by atomic mass is 10.1. The molecule has 98 valence electrons. The Morgan fingerprint density at radius 2 is 1.95 bits per heavy atom. The highest BCUT2D eigenvalue weighted by atomic mass is 32.2. The molecule has 0 aliphatic carbocycles. The number of hydrogen-bond acceptors (Lipinski definition) is 4. The first-order valence-electron chi connectivity index (χ1n) is 6.08. The molecule has 4 nitrogen and oxygen atoms in total. The van der Waals surface area contributed by atoms with E-state index >= 15 is 0 Å². The maximum Gasteiger partial charge on any atom is 0.230 e. The second-order valence-corrected chi connectivity index (χ2v) is 4.86. The normalized spacial score (nSPS) is 10.2. The van der Waals surface area contributed by atoms with E-state index in [1.54, 1.807) is 0 Å². The van der Waals surface area contributed by atoms with E-state index in [4.69, 9.17) is 0 Å². The van der Waals surface area contributed by atoms with Crippen molar-refractivity contribution in [2.75, 3.05) is 12.3 Å². The van der Waals surface area contributed by atoms with Crippen LogP contribution in [0.2, 0.25) is 0 Å². The standard InChI is InChI=1S/C14H15N3OS/c1-2-15-13(18)10-19-14-9-8-12(16-17-14)11-6-4-3-5-7-11/h3-9H,2,10H2,1H3,(H,15,18). The third kappa shape index (κ3) is 4.06. The summed E-state index contributed by atoms with van der Waals surface area (Å²) in [6.07, 6.45) is 0. The Morgan fingerprint density at radius 1 is 1.16 bits per heavy atom. The zero-order valence-electron chi connectivity index (χ0n) is 10.7. The molecule has 0 radical (unpaired) electrons. The number of carbonyl (C=O) groups is 1. The predicted octanol–water partition coefficient (Wildman–Crippen LogP) is 2.37. The topological polar surface area (TPSA) is 54.9 Å². The van der Waals surface area contributed by atoms with Crippen LogP contribution in [0.3, 0.4) is 0 Å². The van der Waals surface area contributed by atoms with Crippen molar-refractivity contribution in [3.8, 4) is 11.3 Å². The fourth-order valence-corrected chi connectivity index (χ4v) is 2.19. The molecule has 0 aliphatic rings. The molecule has 1 amide bonds. The summed E-state index contributed by atoms with van der Waals surface area (Å²) in [5, 5.41) is 11.8. The molecule has 0 unspecified atom stereocenters. The molecule has 0 saturated carbocycles. The van der Waals surface area contributed by atoms with Crippen LogP contribution in [0.1, 0.15) is 6.92 Å². The van der Waals surface area contributed by atoms with Gasteiger partial charge in [-0.25, -0.2) is 0 Å². The highest BCUT2D eigenvalue weighted by Gasteiger charge is 2.04. The summed E-state index contributed by atoms with van der Waals surface area (Å²) in [5.74, 6) is 0.383. The molecule has 19 heavy (non-hydrogen) atoms. The maximum absolute atomic E-state index is 11.3. The van der Waals surface area contributed by atoms with Crippen LogP contribution in [0.25, 0.3) is 11.3 Å². The molecule has 0 atom stereocenters. The lowest BCUT2D eigenvalue weighted by Crippen LogP contribution is -2.24. The predicted molar refractivity (Wildman–Crippen MR) is 76.9 cm³/mol. The van der Waals surface area contributed by atoms with Gasteiger partial charge in [-0.15, -0.1) is 10.2 Å². The van der Waals surface area contributed by atoms with Crippen molar-refractivity contribution in [1.82, 2.24) is 15.5 Å². The van der Waals surface area contributed by atoms with E-state index in [0.29, 0.717) is 12.3 Å². The lowest BCUT2D eigenvalue weighted by Gasteiger charge is -2.03. The van der Waals surface area contributed by atoms with Crippen molar-refractivity contribution < 1.29 is 4.79 Å². The number of amides is 1. The molecule has 5 heteroatoms. The number of nitrogens with one attached hydrogen (secondary N) is 1. The van der Waals surface area contributed by atoms with Crippen molar-refractivity contribution in [2.45, 2.75) is 11.9 Å². The molecule has 2 aromatic rings. The third-order valence-corrected chi connectivity index (χ3v) is 3.35. The molecule has 0 fully saturated rings. The van der Waals surface area contributed by atoms with Gasteiger partial charge in [0.25, 0.3) is 0 Å². The highest BCUT2D eigenvalue weighted by Crippen LogP contribution is 2.19. The van der Waals surface area contributed by atoms with Gasteiger partial charge < -0.3 is 5.32 Å². The van der Waals surface area contributed by atoms with Crippen LogP contribution in [0.15, 0.2) is 47.5 Å². The lowest BCUT2D eigenvalue weighted by molar-refractivity contribution is -0.118. The summed E-state index contributed by atoms with van der Waals surface area (Å²) in [6, 6.07) is 13.7. The number of aromatic nitrogens is 2. The number of rotatable bonds is 5. The van der Waals surface area contributed by atoms with E-state index in [1.165, 1.54) is 11.8 Å². The number of benzene rings is 1. The molecule has 0 saturated heterocycles. The quantitative estimate of drug-likeness (QED) is 0.850. The molecule has 1 heterocycles. The summed E-state index contributed by atoms with van der Waals surface area (Å²) < 4.78 is 0. The van der Waals surface area contributed by atoms with Crippen LogP contribution < -0.4 is 5.32 Å². The van der Waals surface area contributed by atoms with E-state index in [0.717, 1.165) is 16.3 Å². The van der Waals surface area contributed by atoms with Crippen LogP contribution in [-0.4, -0.2) is 28.4 Å². The Hall–Kier alpha value is -1.88. The minimum atomic E-state index is 0.0152. The Balaban J connectivity index is 1.97. The molecule has 1 aromatic carbocycles. The van der Waals surface area contributed by atoms with E-state index in [2.05, 4.69) is 15.5 Å². The van der Waals surface area contributed by atoms with Gasteiger partial charge >= 0.3 is 0 Å². The zero-order valence-corrected chi connectivity index (χ0v) is 11.5. The van der Waals surface area contributed by atoms with Crippen LogP contribution in [-0.2, 0) is 4.79 Å². The van der Waals surface area contributed by atoms with Gasteiger partial charge in [-0.2, -0.15) is 0 Å². The van der Waals surface area contributed by atoms with Crippen molar-refractivity contribution in [3.63, 3.8) is 0 Å². The molecule has 1 aromatic heterocycles. The molecular formula is C14H15N3OS. The maximum atomic E-state index is 11.3. The van der Waals surface area contributed by atoms with Gasteiger partial charge in [0.15, 0.2) is 0 Å². The first kappa shape index (κ1) is 13.5. The minimum Gasteiger partial charge on any atom is -0.356 e. The average Bonchev–Trinajstić information content (AvgIpc) is 2.47. The average molecular weight is 273 g/mol. The van der Waals surface area contributed by atoms with Gasteiger partial charge in [0.05, 0.1) is 11.4 Å². The van der Waals surface area contributed by atoms with Gasteiger partial charge in [-0.3, -0.25) is 4.79 Å². The Labute approximate surface area is 116 Å². The Bertz CT molecular complexity index is 528. The van der Waals surface area contributed by atoms with E-state index in [-0.39, 0.29) is 5.91 Å². The minimum absolute atomic E-state index is 0.0152. The SMILES string of the molecule is CCNC(=O)CSc1ccc(-c2ccccc2)nn1. The van der Waals surface area contributed by atoms with Crippen molar-refractivity contribution >= 4 is 17.7 Å². The van der Waals surface area contributed by atoms with Crippen LogP contribution in [0.4, 0.5) is 0 Å². The first-order chi connectivity index (χ1) is 9.29. The van der Waals surface area contributed by atoms with Gasteiger partial charge in [-0.05, 0) is 19.1 Å². The molecule has 0 bridgehead atoms. The summed E-state index contributed by atoms with van der Waals surface area (Å²) >= 11 is 1.39. The van der Waals surface area contributed by atoms with Crippen molar-refractivity contribution in [3.05, 3.63) is 42.5 Å². The zero-order chi connectivity index (χ0) is 13.5. The van der Waals surface area contributed by atoms with Gasteiger partial charge in [0, 0.05) is 12.1 Å². The molecule has 0 aliphatic heterocycles. The largest absolute Gasteiger partial charge is 0.356 e. The number of thioether (sulfide) groups is 1. The smallest absolute Gasteiger partial charge is 0.230 e. The third-order valence-electron chi connectivity index (χ3n) is 2.43. The molecular weight excluding hydrogens is 258 g/mol. The van der Waals surface area contributed by atoms with Crippen LogP contribution in [0, 0.1) is 0 Å². The summed E-state index contributed by atoms with van der Waals surface area (Å²) in [5.41, 5.74) is 1.87. The Kier molecular flexibility index (Phi) is 4.92. The molecule has 0 spiro atoms. The number of carbonyl (C=O) groups excluding carboxylic acids is 1. The second-order valence-electron chi connectivity index (χ2n) is 3.87.